The van der Waals surface area contributed by atoms with Crippen molar-refractivity contribution in [2.45, 2.75) is 43.7 Å². The zero-order valence-electron chi connectivity index (χ0n) is 13.2. The molecular formula is C17H22N2O3S. The van der Waals surface area contributed by atoms with Gasteiger partial charge in [-0.1, -0.05) is 18.2 Å². The summed E-state index contributed by atoms with van der Waals surface area (Å²) >= 11 is 1.18. The Balaban J connectivity index is 1.51. The fourth-order valence-corrected chi connectivity index (χ4v) is 4.91. The van der Waals surface area contributed by atoms with Crippen molar-refractivity contribution in [3.8, 4) is 0 Å². The normalized spacial score (nSPS) is 26.9. The van der Waals surface area contributed by atoms with Crippen LogP contribution in [0.4, 0.5) is 0 Å². The van der Waals surface area contributed by atoms with E-state index < -0.39 is 5.97 Å². The van der Waals surface area contributed by atoms with E-state index in [1.165, 1.54) is 43.5 Å². The van der Waals surface area contributed by atoms with Crippen LogP contribution in [0.25, 0.3) is 0 Å². The molecule has 0 spiro atoms. The Morgan fingerprint density at radius 1 is 1.43 bits per heavy atom. The van der Waals surface area contributed by atoms with Crippen LogP contribution in [0.2, 0.25) is 0 Å². The van der Waals surface area contributed by atoms with Crippen molar-refractivity contribution in [2.75, 3.05) is 5.75 Å². The molecular weight excluding hydrogens is 312 g/mol. The number of carboxylic acid groups (broad SMARTS) is 1. The molecule has 1 amide bonds. The lowest BCUT2D eigenvalue weighted by molar-refractivity contribution is -0.119. The Hall–Kier alpha value is -1.56. The second-order valence-electron chi connectivity index (χ2n) is 6.64. The van der Waals surface area contributed by atoms with Crippen LogP contribution in [0.15, 0.2) is 23.4 Å². The smallest absolute Gasteiger partial charge is 0.338 e. The minimum atomic E-state index is -1.02. The van der Waals surface area contributed by atoms with Crippen LogP contribution in [-0.2, 0) is 4.79 Å². The predicted octanol–water partition coefficient (Wildman–Crippen LogP) is 2.81. The van der Waals surface area contributed by atoms with Crippen molar-refractivity contribution in [1.82, 2.24) is 10.3 Å². The van der Waals surface area contributed by atoms with Gasteiger partial charge in [0, 0.05) is 12.2 Å². The largest absolute Gasteiger partial charge is 0.478 e. The summed E-state index contributed by atoms with van der Waals surface area (Å²) in [6.07, 6.45) is 6.78. The summed E-state index contributed by atoms with van der Waals surface area (Å²) in [6.45, 7) is 2.09. The summed E-state index contributed by atoms with van der Waals surface area (Å²) in [4.78, 5) is 27.4. The third kappa shape index (κ3) is 3.68. The third-order valence-corrected chi connectivity index (χ3v) is 6.17. The lowest BCUT2D eigenvalue weighted by Gasteiger charge is -2.28. The number of carboxylic acids is 1. The van der Waals surface area contributed by atoms with E-state index in [0.717, 1.165) is 11.8 Å². The number of aromatic carboxylic acids is 1. The highest BCUT2D eigenvalue weighted by Gasteiger charge is 2.42. The number of hydrogen-bond donors (Lipinski definition) is 2. The van der Waals surface area contributed by atoms with Crippen LogP contribution in [-0.4, -0.2) is 33.8 Å². The molecule has 1 heterocycles. The first-order chi connectivity index (χ1) is 11.0. The maximum atomic E-state index is 12.2. The second kappa shape index (κ2) is 6.91. The minimum absolute atomic E-state index is 0.0488. The summed E-state index contributed by atoms with van der Waals surface area (Å²) in [6, 6.07) is 3.29. The minimum Gasteiger partial charge on any atom is -0.478 e. The Morgan fingerprint density at radius 2 is 2.26 bits per heavy atom. The SMILES string of the molecule is C[C@H](NC(=O)CSc1ncccc1C(=O)O)[C@H]1C[C@H]2CC[C@H]1C2. The van der Waals surface area contributed by atoms with Gasteiger partial charge >= 0.3 is 5.97 Å². The van der Waals surface area contributed by atoms with Crippen LogP contribution < -0.4 is 5.32 Å². The molecule has 2 saturated carbocycles. The highest BCUT2D eigenvalue weighted by molar-refractivity contribution is 8.00. The molecule has 124 valence electrons. The summed E-state index contributed by atoms with van der Waals surface area (Å²) in [5.74, 6) is 1.38. The molecule has 2 bridgehead atoms. The molecule has 0 unspecified atom stereocenters. The lowest BCUT2D eigenvalue weighted by Crippen LogP contribution is -2.40. The maximum Gasteiger partial charge on any atom is 0.338 e. The predicted molar refractivity (Wildman–Crippen MR) is 88.5 cm³/mol. The van der Waals surface area contributed by atoms with Crippen molar-refractivity contribution in [1.29, 1.82) is 0 Å². The highest BCUT2D eigenvalue weighted by Crippen LogP contribution is 2.49. The van der Waals surface area contributed by atoms with Gasteiger partial charge in [0.1, 0.15) is 5.03 Å². The zero-order valence-corrected chi connectivity index (χ0v) is 14.0. The molecule has 3 rings (SSSR count). The van der Waals surface area contributed by atoms with Gasteiger partial charge in [-0.25, -0.2) is 9.78 Å². The number of carbonyl (C=O) groups is 2. The molecule has 0 saturated heterocycles. The number of amides is 1. The number of fused-ring (bicyclic) bond motifs is 2. The van der Waals surface area contributed by atoms with E-state index in [1.54, 1.807) is 12.3 Å². The Kier molecular flexibility index (Phi) is 4.90. The molecule has 5 nitrogen and oxygen atoms in total. The number of hydrogen-bond acceptors (Lipinski definition) is 4. The van der Waals surface area contributed by atoms with Gasteiger partial charge in [0.2, 0.25) is 5.91 Å². The molecule has 2 fully saturated rings. The Labute approximate surface area is 140 Å². The summed E-state index contributed by atoms with van der Waals surface area (Å²) in [5, 5.41) is 12.6. The molecule has 0 radical (unpaired) electrons. The van der Waals surface area contributed by atoms with E-state index in [4.69, 9.17) is 5.11 Å². The molecule has 2 N–H and O–H groups in total. The molecule has 4 atom stereocenters. The second-order valence-corrected chi connectivity index (χ2v) is 7.61. The van der Waals surface area contributed by atoms with Crippen LogP contribution in [0, 0.1) is 17.8 Å². The van der Waals surface area contributed by atoms with Gasteiger partial charge in [-0.3, -0.25) is 4.79 Å². The van der Waals surface area contributed by atoms with Gasteiger partial charge in [-0.15, -0.1) is 0 Å². The topological polar surface area (TPSA) is 79.3 Å². The molecule has 2 aliphatic rings. The van der Waals surface area contributed by atoms with E-state index in [0.29, 0.717) is 10.9 Å². The first-order valence-corrected chi connectivity index (χ1v) is 9.13. The van der Waals surface area contributed by atoms with Crippen molar-refractivity contribution in [3.05, 3.63) is 23.9 Å². The summed E-state index contributed by atoms with van der Waals surface area (Å²) < 4.78 is 0. The molecule has 1 aromatic heterocycles. The average molecular weight is 334 g/mol. The number of aromatic nitrogens is 1. The third-order valence-electron chi connectivity index (χ3n) is 5.17. The van der Waals surface area contributed by atoms with Crippen molar-refractivity contribution < 1.29 is 14.7 Å². The molecule has 6 heteroatoms. The van der Waals surface area contributed by atoms with E-state index in [-0.39, 0.29) is 23.3 Å². The monoisotopic (exact) mass is 334 g/mol. The zero-order chi connectivity index (χ0) is 16.4. The van der Waals surface area contributed by atoms with Crippen LogP contribution >= 0.6 is 11.8 Å². The van der Waals surface area contributed by atoms with Crippen LogP contribution in [0.3, 0.4) is 0 Å². The summed E-state index contributed by atoms with van der Waals surface area (Å²) in [5.41, 5.74) is 0.145. The van der Waals surface area contributed by atoms with Crippen LogP contribution in [0.5, 0.6) is 0 Å². The van der Waals surface area contributed by atoms with Gasteiger partial charge in [0.25, 0.3) is 0 Å². The maximum absolute atomic E-state index is 12.2. The Bertz CT molecular complexity index is 607. The van der Waals surface area contributed by atoms with Crippen molar-refractivity contribution >= 4 is 23.6 Å². The first kappa shape index (κ1) is 16.3. The van der Waals surface area contributed by atoms with Gasteiger partial charge in [-0.05, 0) is 56.1 Å². The van der Waals surface area contributed by atoms with Crippen molar-refractivity contribution in [2.24, 2.45) is 17.8 Å². The Morgan fingerprint density at radius 3 is 2.91 bits per heavy atom. The molecule has 23 heavy (non-hydrogen) atoms. The fourth-order valence-electron chi connectivity index (χ4n) is 4.11. The molecule has 0 aliphatic heterocycles. The number of thioether (sulfide) groups is 1. The molecule has 1 aromatic rings. The number of carbonyl (C=O) groups excluding carboxylic acids is 1. The van der Waals surface area contributed by atoms with Gasteiger partial charge < -0.3 is 10.4 Å². The summed E-state index contributed by atoms with van der Waals surface area (Å²) in [7, 11) is 0. The number of rotatable bonds is 6. The quantitative estimate of drug-likeness (QED) is 0.782. The van der Waals surface area contributed by atoms with Crippen molar-refractivity contribution in [3.63, 3.8) is 0 Å². The number of pyridine rings is 1. The average Bonchev–Trinajstić information content (AvgIpc) is 3.16. The molecule has 0 aromatic carbocycles. The van der Waals surface area contributed by atoms with Crippen LogP contribution in [0.1, 0.15) is 43.0 Å². The number of nitrogens with one attached hydrogen (secondary N) is 1. The fraction of sp³-hybridized carbons (Fsp3) is 0.588. The standard InChI is InChI=1S/C17H22N2O3S/c1-10(14-8-11-4-5-12(14)7-11)19-15(20)9-23-16-13(17(21)22)3-2-6-18-16/h2-3,6,10-12,14H,4-5,7-9H2,1H3,(H,19,20)(H,21,22)/t10-,11-,12-,14+/m0/s1. The van der Waals surface area contributed by atoms with Gasteiger partial charge in [0.05, 0.1) is 11.3 Å². The van der Waals surface area contributed by atoms with E-state index in [1.807, 2.05) is 0 Å². The lowest BCUT2D eigenvalue weighted by atomic mass is 9.84. The first-order valence-electron chi connectivity index (χ1n) is 8.15. The van der Waals surface area contributed by atoms with Gasteiger partial charge in [0.15, 0.2) is 0 Å². The molecule has 2 aliphatic carbocycles. The van der Waals surface area contributed by atoms with E-state index in [9.17, 15) is 9.59 Å². The highest BCUT2D eigenvalue weighted by atomic mass is 32.2. The van der Waals surface area contributed by atoms with E-state index >= 15 is 0 Å². The number of nitrogens with zero attached hydrogens (tertiary/aromatic N) is 1. The van der Waals surface area contributed by atoms with E-state index in [2.05, 4.69) is 17.2 Å². The van der Waals surface area contributed by atoms with Gasteiger partial charge in [-0.2, -0.15) is 0 Å².